The number of likely N-dealkylation sites (tertiary alicyclic amines) is 1. The molecule has 0 saturated carbocycles. The van der Waals surface area contributed by atoms with E-state index >= 15 is 0 Å². The highest BCUT2D eigenvalue weighted by atomic mass is 16.5. The molecule has 36 heavy (non-hydrogen) atoms. The summed E-state index contributed by atoms with van der Waals surface area (Å²) in [6.45, 7) is 1.45. The number of hydrogen-bond donors (Lipinski definition) is 0. The van der Waals surface area contributed by atoms with Gasteiger partial charge in [-0.15, -0.1) is 6.42 Å². The van der Waals surface area contributed by atoms with Gasteiger partial charge in [-0.3, -0.25) is 9.59 Å². The Labute approximate surface area is 212 Å². The van der Waals surface area contributed by atoms with Crippen molar-refractivity contribution in [1.29, 1.82) is 0 Å². The fourth-order valence-corrected chi connectivity index (χ4v) is 4.49. The highest BCUT2D eigenvalue weighted by molar-refractivity contribution is 5.97. The zero-order chi connectivity index (χ0) is 25.5. The van der Waals surface area contributed by atoms with E-state index in [1.165, 1.54) is 0 Å². The van der Waals surface area contributed by atoms with Crippen molar-refractivity contribution in [3.63, 3.8) is 0 Å². The summed E-state index contributed by atoms with van der Waals surface area (Å²) in [4.78, 5) is 30.5. The third-order valence-electron chi connectivity index (χ3n) is 6.50. The van der Waals surface area contributed by atoms with Crippen molar-refractivity contribution in [2.45, 2.75) is 19.4 Å². The smallest absolute Gasteiger partial charge is 0.254 e. The summed E-state index contributed by atoms with van der Waals surface area (Å²) in [5, 5.41) is 0. The summed E-state index contributed by atoms with van der Waals surface area (Å²) in [7, 11) is 3.11. The van der Waals surface area contributed by atoms with Crippen LogP contribution >= 0.6 is 0 Å². The topological polar surface area (TPSA) is 59.1 Å². The van der Waals surface area contributed by atoms with Gasteiger partial charge in [-0.1, -0.05) is 42.3 Å². The highest BCUT2D eigenvalue weighted by Crippen LogP contribution is 2.28. The summed E-state index contributed by atoms with van der Waals surface area (Å²) in [5.41, 5.74) is 3.05. The lowest BCUT2D eigenvalue weighted by Gasteiger charge is -2.34. The van der Waals surface area contributed by atoms with Crippen LogP contribution in [0, 0.1) is 18.3 Å². The van der Waals surface area contributed by atoms with E-state index < -0.39 is 0 Å². The van der Waals surface area contributed by atoms with E-state index in [0.29, 0.717) is 49.5 Å². The van der Waals surface area contributed by atoms with Crippen LogP contribution in [-0.2, 0) is 11.3 Å². The molecule has 3 aromatic rings. The first kappa shape index (κ1) is 24.9. The lowest BCUT2D eigenvalue weighted by atomic mass is 9.94. The Morgan fingerprint density at radius 2 is 1.61 bits per heavy atom. The van der Waals surface area contributed by atoms with Gasteiger partial charge >= 0.3 is 0 Å². The molecule has 1 heterocycles. The number of piperidine rings is 1. The van der Waals surface area contributed by atoms with Crippen molar-refractivity contribution in [2.75, 3.05) is 32.2 Å². The molecule has 2 amide bonds. The Kier molecular flexibility index (Phi) is 7.92. The van der Waals surface area contributed by atoms with E-state index in [9.17, 15) is 9.59 Å². The zero-order valence-corrected chi connectivity index (χ0v) is 20.6. The third-order valence-corrected chi connectivity index (χ3v) is 6.50. The molecule has 0 aliphatic carbocycles. The summed E-state index contributed by atoms with van der Waals surface area (Å²) >= 11 is 0. The van der Waals surface area contributed by atoms with Crippen LogP contribution < -0.4 is 14.4 Å². The van der Waals surface area contributed by atoms with Crippen molar-refractivity contribution in [3.05, 3.63) is 89.5 Å². The van der Waals surface area contributed by atoms with Crippen molar-refractivity contribution in [3.8, 4) is 23.8 Å². The fraction of sp³-hybridized carbons (Fsp3) is 0.267. The number of terminal acetylenes is 1. The Morgan fingerprint density at radius 1 is 0.944 bits per heavy atom. The van der Waals surface area contributed by atoms with E-state index in [1.807, 2.05) is 59.5 Å². The second kappa shape index (κ2) is 11.5. The lowest BCUT2D eigenvalue weighted by molar-refractivity contribution is -0.123. The molecule has 1 aliphatic rings. The van der Waals surface area contributed by atoms with Gasteiger partial charge in [0.15, 0.2) is 0 Å². The second-order valence-electron chi connectivity index (χ2n) is 8.77. The molecule has 0 atom stereocenters. The number of hydrogen-bond acceptors (Lipinski definition) is 4. The molecule has 0 unspecified atom stereocenters. The summed E-state index contributed by atoms with van der Waals surface area (Å²) in [6.07, 6.45) is 6.79. The van der Waals surface area contributed by atoms with Crippen LogP contribution in [0.3, 0.4) is 0 Å². The maximum Gasteiger partial charge on any atom is 0.254 e. The molecular formula is C30H30N2O4. The van der Waals surface area contributed by atoms with Gasteiger partial charge in [0.05, 0.1) is 20.8 Å². The average molecular weight is 483 g/mol. The predicted molar refractivity (Wildman–Crippen MR) is 140 cm³/mol. The predicted octanol–water partition coefficient (Wildman–Crippen LogP) is 4.77. The van der Waals surface area contributed by atoms with Gasteiger partial charge in [-0.05, 0) is 48.7 Å². The van der Waals surface area contributed by atoms with Crippen molar-refractivity contribution in [2.24, 2.45) is 5.92 Å². The second-order valence-corrected chi connectivity index (χ2v) is 8.77. The van der Waals surface area contributed by atoms with E-state index in [4.69, 9.17) is 15.9 Å². The first-order chi connectivity index (χ1) is 17.5. The number of benzene rings is 3. The molecule has 1 aliphatic heterocycles. The maximum atomic E-state index is 13.8. The number of anilines is 1. The molecule has 6 heteroatoms. The average Bonchev–Trinajstić information content (AvgIpc) is 2.95. The Hall–Kier alpha value is -4.24. The van der Waals surface area contributed by atoms with Gasteiger partial charge in [-0.2, -0.15) is 0 Å². The fourth-order valence-electron chi connectivity index (χ4n) is 4.49. The minimum Gasteiger partial charge on any atom is -0.497 e. The lowest BCUT2D eigenvalue weighted by Crippen LogP contribution is -2.44. The van der Waals surface area contributed by atoms with Crippen molar-refractivity contribution >= 4 is 17.5 Å². The molecule has 0 N–H and O–H groups in total. The number of methoxy groups -OCH3 is 2. The molecule has 184 valence electrons. The van der Waals surface area contributed by atoms with E-state index in [0.717, 1.165) is 16.8 Å². The van der Waals surface area contributed by atoms with Crippen LogP contribution in [0.1, 0.15) is 34.3 Å². The number of carbonyl (C=O) groups excluding carboxylic acids is 2. The molecule has 0 radical (unpaired) electrons. The monoisotopic (exact) mass is 482 g/mol. The number of nitrogens with zero attached hydrogens (tertiary/aromatic N) is 2. The standard InChI is InChI=1S/C30H30N2O4/c1-4-22-11-8-12-26(17-22)32(21-23-9-6-5-7-10-23)30(34)24-13-15-31(16-14-24)29(33)25-18-27(35-2)20-28(19-25)36-3/h1,5-12,17-20,24H,13-16,21H2,2-3H3. The molecule has 0 bridgehead atoms. The highest BCUT2D eigenvalue weighted by Gasteiger charge is 2.31. The van der Waals surface area contributed by atoms with Gasteiger partial charge in [-0.25, -0.2) is 0 Å². The summed E-state index contributed by atoms with van der Waals surface area (Å²) in [6, 6.07) is 22.6. The zero-order valence-electron chi connectivity index (χ0n) is 20.6. The van der Waals surface area contributed by atoms with Gasteiger partial charge in [0.2, 0.25) is 5.91 Å². The number of carbonyl (C=O) groups is 2. The summed E-state index contributed by atoms with van der Waals surface area (Å²) in [5.74, 6) is 3.54. The van der Waals surface area contributed by atoms with Crippen molar-refractivity contribution in [1.82, 2.24) is 4.90 Å². The van der Waals surface area contributed by atoms with Gasteiger partial charge in [0.1, 0.15) is 11.5 Å². The van der Waals surface area contributed by atoms with Gasteiger partial charge < -0.3 is 19.3 Å². The molecule has 6 nitrogen and oxygen atoms in total. The van der Waals surface area contributed by atoms with Crippen LogP contribution in [0.2, 0.25) is 0 Å². The largest absolute Gasteiger partial charge is 0.497 e. The summed E-state index contributed by atoms with van der Waals surface area (Å²) < 4.78 is 10.6. The first-order valence-corrected chi connectivity index (χ1v) is 12.0. The molecule has 4 rings (SSSR count). The van der Waals surface area contributed by atoms with Crippen LogP contribution in [-0.4, -0.2) is 44.0 Å². The Bertz CT molecular complexity index is 1240. The quantitative estimate of drug-likeness (QED) is 0.455. The molecule has 3 aromatic carbocycles. The maximum absolute atomic E-state index is 13.8. The van der Waals surface area contributed by atoms with Gasteiger partial charge in [0, 0.05) is 41.9 Å². The third kappa shape index (κ3) is 5.69. The Morgan fingerprint density at radius 3 is 2.22 bits per heavy atom. The molecule has 1 fully saturated rings. The van der Waals surface area contributed by atoms with Crippen LogP contribution in [0.25, 0.3) is 0 Å². The van der Waals surface area contributed by atoms with E-state index in [2.05, 4.69) is 5.92 Å². The van der Waals surface area contributed by atoms with E-state index in [-0.39, 0.29) is 17.7 Å². The molecule has 1 saturated heterocycles. The normalized spacial score (nSPS) is 13.5. The number of amides is 2. The van der Waals surface area contributed by atoms with Crippen LogP contribution in [0.4, 0.5) is 5.69 Å². The first-order valence-electron chi connectivity index (χ1n) is 12.0. The van der Waals surface area contributed by atoms with Crippen LogP contribution in [0.15, 0.2) is 72.8 Å². The number of rotatable bonds is 7. The van der Waals surface area contributed by atoms with Crippen LogP contribution in [0.5, 0.6) is 11.5 Å². The molecular weight excluding hydrogens is 452 g/mol. The SMILES string of the molecule is C#Cc1cccc(N(Cc2ccccc2)C(=O)C2CCN(C(=O)c3cc(OC)cc(OC)c3)CC2)c1. The minimum atomic E-state index is -0.188. The minimum absolute atomic E-state index is 0.0446. The molecule has 0 aromatic heterocycles. The van der Waals surface area contributed by atoms with E-state index in [1.54, 1.807) is 37.3 Å². The number of ether oxygens (including phenoxy) is 2. The molecule has 0 spiro atoms. The van der Waals surface area contributed by atoms with Gasteiger partial charge in [0.25, 0.3) is 5.91 Å². The Balaban J connectivity index is 1.49. The van der Waals surface area contributed by atoms with Crippen molar-refractivity contribution < 1.29 is 19.1 Å².